The van der Waals surface area contributed by atoms with Crippen molar-refractivity contribution >= 4 is 51.9 Å². The van der Waals surface area contributed by atoms with Crippen LogP contribution in [0.5, 0.6) is 0 Å². The van der Waals surface area contributed by atoms with Gasteiger partial charge in [-0.1, -0.05) is 30.1 Å². The van der Waals surface area contributed by atoms with Crippen molar-refractivity contribution in [1.82, 2.24) is 19.5 Å². The fourth-order valence-corrected chi connectivity index (χ4v) is 3.71. The van der Waals surface area contributed by atoms with Crippen LogP contribution in [-0.2, 0) is 11.8 Å². The molecule has 2 atom stereocenters. The standard InChI is InChI=1S/C18H19Cl2FN6O/c1-9-8-28-4-3-13(9)23-17-22-7-14-16(26-17)27(2)18(24-14)25-15-11(20)5-10(19)6-12(15)21/h5-7,9,13H,3-4,8H2,1-2H3,(H,24,25)(H,22,23,26)/t9-,13+/m0/s1. The van der Waals surface area contributed by atoms with Gasteiger partial charge < -0.3 is 15.4 Å². The maximum absolute atomic E-state index is 14.2. The highest BCUT2D eigenvalue weighted by atomic mass is 35.5. The first-order chi connectivity index (χ1) is 13.4. The fraction of sp³-hybridized carbons (Fsp3) is 0.389. The van der Waals surface area contributed by atoms with Gasteiger partial charge in [-0.3, -0.25) is 4.57 Å². The molecule has 3 aromatic rings. The number of imidazole rings is 1. The van der Waals surface area contributed by atoms with E-state index in [4.69, 9.17) is 27.9 Å². The Morgan fingerprint density at radius 3 is 2.86 bits per heavy atom. The number of nitrogens with zero attached hydrogens (tertiary/aromatic N) is 4. The van der Waals surface area contributed by atoms with Gasteiger partial charge in [0.05, 0.1) is 23.5 Å². The zero-order valence-corrected chi connectivity index (χ0v) is 16.9. The number of fused-ring (bicyclic) bond motifs is 1. The summed E-state index contributed by atoms with van der Waals surface area (Å²) < 4.78 is 21.4. The summed E-state index contributed by atoms with van der Waals surface area (Å²) in [7, 11) is 1.78. The van der Waals surface area contributed by atoms with Crippen molar-refractivity contribution in [2.24, 2.45) is 13.0 Å². The third-order valence-electron chi connectivity index (χ3n) is 4.81. The van der Waals surface area contributed by atoms with Crippen molar-refractivity contribution in [2.75, 3.05) is 23.8 Å². The quantitative estimate of drug-likeness (QED) is 0.646. The Morgan fingerprint density at radius 1 is 1.29 bits per heavy atom. The second-order valence-corrected chi connectivity index (χ2v) is 7.70. The molecule has 0 radical (unpaired) electrons. The molecule has 7 nitrogen and oxygen atoms in total. The van der Waals surface area contributed by atoms with Crippen LogP contribution < -0.4 is 10.6 Å². The SMILES string of the molecule is C[C@H]1COCC[C@H]1Nc1ncc2nc(Nc3c(F)cc(Cl)cc3Cl)n(C)c2n1. The molecule has 148 valence electrons. The van der Waals surface area contributed by atoms with Crippen molar-refractivity contribution in [3.05, 3.63) is 34.2 Å². The van der Waals surface area contributed by atoms with Gasteiger partial charge in [0.2, 0.25) is 11.9 Å². The van der Waals surface area contributed by atoms with Gasteiger partial charge in [0.15, 0.2) is 5.65 Å². The number of aromatic nitrogens is 4. The Labute approximate surface area is 171 Å². The van der Waals surface area contributed by atoms with E-state index in [1.807, 2.05) is 0 Å². The zero-order chi connectivity index (χ0) is 19.8. The van der Waals surface area contributed by atoms with E-state index in [-0.39, 0.29) is 21.8 Å². The summed E-state index contributed by atoms with van der Waals surface area (Å²) in [6.07, 6.45) is 2.54. The number of benzene rings is 1. The number of ether oxygens (including phenoxy) is 1. The lowest BCUT2D eigenvalue weighted by Gasteiger charge is -2.29. The van der Waals surface area contributed by atoms with Crippen LogP contribution in [0.15, 0.2) is 18.3 Å². The van der Waals surface area contributed by atoms with Crippen LogP contribution in [0.3, 0.4) is 0 Å². The molecule has 0 bridgehead atoms. The predicted octanol–water partition coefficient (Wildman–Crippen LogP) is 4.39. The van der Waals surface area contributed by atoms with Crippen LogP contribution in [0.25, 0.3) is 11.2 Å². The number of halogens is 3. The second-order valence-electron chi connectivity index (χ2n) is 6.86. The lowest BCUT2D eigenvalue weighted by Crippen LogP contribution is -2.36. The molecule has 1 fully saturated rings. The molecule has 10 heteroatoms. The molecule has 2 aromatic heterocycles. The van der Waals surface area contributed by atoms with E-state index in [9.17, 15) is 4.39 Å². The van der Waals surface area contributed by atoms with Crippen LogP contribution >= 0.6 is 23.2 Å². The monoisotopic (exact) mass is 424 g/mol. The molecule has 0 spiro atoms. The number of hydrogen-bond donors (Lipinski definition) is 2. The summed E-state index contributed by atoms with van der Waals surface area (Å²) in [4.78, 5) is 13.4. The molecule has 1 saturated heterocycles. The third kappa shape index (κ3) is 3.72. The Morgan fingerprint density at radius 2 is 2.11 bits per heavy atom. The van der Waals surface area contributed by atoms with E-state index < -0.39 is 5.82 Å². The van der Waals surface area contributed by atoms with Crippen LogP contribution in [0.4, 0.5) is 22.0 Å². The molecule has 0 unspecified atom stereocenters. The average molecular weight is 425 g/mol. The Hall–Kier alpha value is -2.16. The number of rotatable bonds is 4. The van der Waals surface area contributed by atoms with E-state index >= 15 is 0 Å². The molecular weight excluding hydrogens is 406 g/mol. The topological polar surface area (TPSA) is 76.9 Å². The Kier molecular flexibility index (Phi) is 5.27. The van der Waals surface area contributed by atoms with Crippen LogP contribution in [0, 0.1) is 11.7 Å². The van der Waals surface area contributed by atoms with Crippen molar-refractivity contribution in [1.29, 1.82) is 0 Å². The first-order valence-electron chi connectivity index (χ1n) is 8.87. The highest BCUT2D eigenvalue weighted by molar-refractivity contribution is 6.36. The van der Waals surface area contributed by atoms with E-state index in [0.717, 1.165) is 13.0 Å². The molecule has 0 saturated carbocycles. The fourth-order valence-electron chi connectivity index (χ4n) is 3.20. The molecule has 1 aliphatic heterocycles. The normalized spacial score (nSPS) is 19.8. The molecule has 28 heavy (non-hydrogen) atoms. The first kappa shape index (κ1) is 19.2. The molecule has 0 amide bonds. The number of anilines is 3. The number of nitrogens with one attached hydrogen (secondary N) is 2. The third-order valence-corrected chi connectivity index (χ3v) is 5.33. The molecule has 3 heterocycles. The second kappa shape index (κ2) is 7.69. The summed E-state index contributed by atoms with van der Waals surface area (Å²) in [5.74, 6) is 0.721. The maximum Gasteiger partial charge on any atom is 0.224 e. The molecule has 2 N–H and O–H groups in total. The van der Waals surface area contributed by atoms with E-state index in [2.05, 4.69) is 32.5 Å². The average Bonchev–Trinajstić information content (AvgIpc) is 2.96. The van der Waals surface area contributed by atoms with Crippen molar-refractivity contribution < 1.29 is 9.13 Å². The van der Waals surface area contributed by atoms with Gasteiger partial charge >= 0.3 is 0 Å². The first-order valence-corrected chi connectivity index (χ1v) is 9.63. The highest BCUT2D eigenvalue weighted by Gasteiger charge is 2.23. The van der Waals surface area contributed by atoms with Crippen molar-refractivity contribution in [3.63, 3.8) is 0 Å². The van der Waals surface area contributed by atoms with Gasteiger partial charge in [0.25, 0.3) is 0 Å². The molecule has 0 aliphatic carbocycles. The van der Waals surface area contributed by atoms with Gasteiger partial charge in [0.1, 0.15) is 11.3 Å². The Balaban J connectivity index is 1.62. The van der Waals surface area contributed by atoms with E-state index in [1.54, 1.807) is 17.8 Å². The minimum absolute atomic E-state index is 0.104. The van der Waals surface area contributed by atoms with E-state index in [0.29, 0.717) is 35.6 Å². The highest BCUT2D eigenvalue weighted by Crippen LogP contribution is 2.32. The predicted molar refractivity (Wildman–Crippen MR) is 108 cm³/mol. The lowest BCUT2D eigenvalue weighted by atomic mass is 9.98. The van der Waals surface area contributed by atoms with Gasteiger partial charge in [-0.05, 0) is 24.5 Å². The van der Waals surface area contributed by atoms with E-state index in [1.165, 1.54) is 12.1 Å². The van der Waals surface area contributed by atoms with Crippen molar-refractivity contribution in [2.45, 2.75) is 19.4 Å². The summed E-state index contributed by atoms with van der Waals surface area (Å²) in [5, 5.41) is 6.68. The molecule has 4 rings (SSSR count). The summed E-state index contributed by atoms with van der Waals surface area (Å²) in [6, 6.07) is 2.91. The summed E-state index contributed by atoms with van der Waals surface area (Å²) >= 11 is 11.9. The van der Waals surface area contributed by atoms with Crippen LogP contribution in [-0.4, -0.2) is 38.8 Å². The summed E-state index contributed by atoms with van der Waals surface area (Å²) in [6.45, 7) is 3.57. The van der Waals surface area contributed by atoms with Crippen LogP contribution in [0.1, 0.15) is 13.3 Å². The van der Waals surface area contributed by atoms with Crippen molar-refractivity contribution in [3.8, 4) is 0 Å². The van der Waals surface area contributed by atoms with Gasteiger partial charge in [0, 0.05) is 24.7 Å². The van der Waals surface area contributed by atoms with Gasteiger partial charge in [-0.25, -0.2) is 14.4 Å². The molecular formula is C18H19Cl2FN6O. The minimum atomic E-state index is -0.563. The minimum Gasteiger partial charge on any atom is -0.381 e. The molecule has 1 aromatic carbocycles. The smallest absolute Gasteiger partial charge is 0.224 e. The number of hydrogen-bond acceptors (Lipinski definition) is 6. The lowest BCUT2D eigenvalue weighted by molar-refractivity contribution is 0.0536. The van der Waals surface area contributed by atoms with Gasteiger partial charge in [-0.15, -0.1) is 0 Å². The van der Waals surface area contributed by atoms with Crippen LogP contribution in [0.2, 0.25) is 10.0 Å². The van der Waals surface area contributed by atoms with Gasteiger partial charge in [-0.2, -0.15) is 4.98 Å². The largest absolute Gasteiger partial charge is 0.381 e. The molecule has 1 aliphatic rings. The maximum atomic E-state index is 14.2. The Bertz CT molecular complexity index is 1000. The number of aryl methyl sites for hydroxylation is 1. The zero-order valence-electron chi connectivity index (χ0n) is 15.3. The summed E-state index contributed by atoms with van der Waals surface area (Å²) in [5.41, 5.74) is 1.30.